The summed E-state index contributed by atoms with van der Waals surface area (Å²) in [6, 6.07) is 10.5. The number of nitrogen functional groups attached to an aromatic ring is 1. The van der Waals surface area contributed by atoms with Crippen molar-refractivity contribution in [1.29, 1.82) is 5.26 Å². The summed E-state index contributed by atoms with van der Waals surface area (Å²) in [6.45, 7) is 0. The molecule has 21 heavy (non-hydrogen) atoms. The fourth-order valence-electron chi connectivity index (χ4n) is 1.58. The van der Waals surface area contributed by atoms with Gasteiger partial charge >= 0.3 is 0 Å². The number of nitrogens with one attached hydrogen (secondary N) is 1. The molecule has 0 aliphatic carbocycles. The number of nitrogens with zero attached hydrogens (tertiary/aromatic N) is 1. The van der Waals surface area contributed by atoms with Crippen LogP contribution in [0.5, 0.6) is 0 Å². The van der Waals surface area contributed by atoms with Crippen molar-refractivity contribution in [2.45, 2.75) is 4.90 Å². The highest BCUT2D eigenvalue weighted by Crippen LogP contribution is 2.25. The lowest BCUT2D eigenvalue weighted by atomic mass is 10.2. The predicted octanol–water partition coefficient (Wildman–Crippen LogP) is 3.36. The highest BCUT2D eigenvalue weighted by molar-refractivity contribution is 9.10. The Morgan fingerprint density at radius 3 is 2.57 bits per heavy atom. The van der Waals surface area contributed by atoms with E-state index in [-0.39, 0.29) is 21.2 Å². The number of sulfonamides is 1. The average Bonchev–Trinajstić information content (AvgIpc) is 2.43. The van der Waals surface area contributed by atoms with Crippen molar-refractivity contribution >= 4 is 48.9 Å². The van der Waals surface area contributed by atoms with Gasteiger partial charge in [0.15, 0.2) is 0 Å². The summed E-state index contributed by atoms with van der Waals surface area (Å²) < 4.78 is 27.5. The number of hydrogen-bond acceptors (Lipinski definition) is 4. The van der Waals surface area contributed by atoms with Crippen LogP contribution < -0.4 is 10.5 Å². The lowest BCUT2D eigenvalue weighted by Gasteiger charge is -2.10. The molecule has 0 saturated heterocycles. The van der Waals surface area contributed by atoms with E-state index in [4.69, 9.17) is 22.6 Å². The minimum absolute atomic E-state index is 0.0247. The second kappa shape index (κ2) is 5.93. The Hall–Kier alpha value is -1.75. The van der Waals surface area contributed by atoms with E-state index in [1.54, 1.807) is 6.07 Å². The van der Waals surface area contributed by atoms with Gasteiger partial charge < -0.3 is 5.73 Å². The van der Waals surface area contributed by atoms with Crippen LogP contribution in [0.4, 0.5) is 11.4 Å². The van der Waals surface area contributed by atoms with Gasteiger partial charge in [-0.2, -0.15) is 5.26 Å². The predicted molar refractivity (Wildman–Crippen MR) is 85.5 cm³/mol. The summed E-state index contributed by atoms with van der Waals surface area (Å²) >= 11 is 9.00. The Morgan fingerprint density at radius 1 is 1.24 bits per heavy atom. The minimum atomic E-state index is -3.79. The molecule has 0 atom stereocenters. The zero-order valence-electron chi connectivity index (χ0n) is 10.5. The molecule has 0 aromatic heterocycles. The lowest BCUT2D eigenvalue weighted by molar-refractivity contribution is 0.601. The van der Waals surface area contributed by atoms with Crippen molar-refractivity contribution in [2.24, 2.45) is 0 Å². The Kier molecular flexibility index (Phi) is 4.42. The summed E-state index contributed by atoms with van der Waals surface area (Å²) in [6.07, 6.45) is 0. The standard InChI is InChI=1S/C13H9BrClN3O2S/c14-11-3-2-10(6-13(11)17)21(19,20)18-9-1-4-12(15)8(5-9)7-16/h1-6,18H,17H2. The lowest BCUT2D eigenvalue weighted by Crippen LogP contribution is -2.13. The van der Waals surface area contributed by atoms with Crippen LogP contribution in [-0.2, 0) is 10.0 Å². The maximum absolute atomic E-state index is 12.3. The molecule has 108 valence electrons. The molecule has 0 aliphatic rings. The van der Waals surface area contributed by atoms with E-state index in [2.05, 4.69) is 20.7 Å². The third-order valence-corrected chi connectivity index (χ3v) is 5.05. The number of hydrogen-bond donors (Lipinski definition) is 2. The molecule has 2 rings (SSSR count). The molecular formula is C13H9BrClN3O2S. The van der Waals surface area contributed by atoms with Gasteiger partial charge in [-0.1, -0.05) is 11.6 Å². The quantitative estimate of drug-likeness (QED) is 0.791. The molecule has 0 aliphatic heterocycles. The topological polar surface area (TPSA) is 96.0 Å². The fourth-order valence-corrected chi connectivity index (χ4v) is 3.07. The summed E-state index contributed by atoms with van der Waals surface area (Å²) in [4.78, 5) is 0.0247. The highest BCUT2D eigenvalue weighted by Gasteiger charge is 2.16. The molecule has 0 fully saturated rings. The molecule has 0 saturated carbocycles. The van der Waals surface area contributed by atoms with E-state index in [0.717, 1.165) is 0 Å². The van der Waals surface area contributed by atoms with E-state index in [1.165, 1.54) is 30.3 Å². The molecule has 5 nitrogen and oxygen atoms in total. The van der Waals surface area contributed by atoms with Gasteiger partial charge in [0.1, 0.15) is 6.07 Å². The first-order chi connectivity index (χ1) is 9.83. The van der Waals surface area contributed by atoms with Crippen LogP contribution in [0.1, 0.15) is 5.56 Å². The summed E-state index contributed by atoms with van der Waals surface area (Å²) in [7, 11) is -3.79. The molecule has 2 aromatic carbocycles. The van der Waals surface area contributed by atoms with Gasteiger partial charge in [0.25, 0.3) is 10.0 Å². The van der Waals surface area contributed by atoms with Gasteiger partial charge in [-0.05, 0) is 52.3 Å². The van der Waals surface area contributed by atoms with Gasteiger partial charge in [0.2, 0.25) is 0 Å². The maximum atomic E-state index is 12.3. The monoisotopic (exact) mass is 385 g/mol. The van der Waals surface area contributed by atoms with Crippen molar-refractivity contribution in [3.05, 3.63) is 51.5 Å². The second-order valence-electron chi connectivity index (χ2n) is 4.10. The molecule has 3 N–H and O–H groups in total. The van der Waals surface area contributed by atoms with Crippen LogP contribution in [0.2, 0.25) is 5.02 Å². The third kappa shape index (κ3) is 3.47. The van der Waals surface area contributed by atoms with Crippen molar-refractivity contribution in [2.75, 3.05) is 10.5 Å². The summed E-state index contributed by atoms with van der Waals surface area (Å²) in [5.74, 6) is 0. The summed E-state index contributed by atoms with van der Waals surface area (Å²) in [5, 5.41) is 9.15. The molecule has 0 unspecified atom stereocenters. The van der Waals surface area contributed by atoms with Crippen molar-refractivity contribution in [3.63, 3.8) is 0 Å². The van der Waals surface area contributed by atoms with E-state index in [0.29, 0.717) is 10.2 Å². The molecular weight excluding hydrogens is 378 g/mol. The molecule has 8 heteroatoms. The van der Waals surface area contributed by atoms with Crippen molar-refractivity contribution < 1.29 is 8.42 Å². The zero-order valence-corrected chi connectivity index (χ0v) is 13.6. The number of benzene rings is 2. The van der Waals surface area contributed by atoms with Gasteiger partial charge in [-0.25, -0.2) is 8.42 Å². The van der Waals surface area contributed by atoms with Gasteiger partial charge in [0.05, 0.1) is 21.2 Å². The number of nitriles is 1. The number of nitrogens with two attached hydrogens (primary N) is 1. The van der Waals surface area contributed by atoms with E-state index in [1.807, 2.05) is 6.07 Å². The first-order valence-corrected chi connectivity index (χ1v) is 8.26. The molecule has 0 spiro atoms. The SMILES string of the molecule is N#Cc1cc(NS(=O)(=O)c2ccc(Br)c(N)c2)ccc1Cl. The van der Waals surface area contributed by atoms with Crippen LogP contribution in [0, 0.1) is 11.3 Å². The van der Waals surface area contributed by atoms with E-state index >= 15 is 0 Å². The van der Waals surface area contributed by atoms with Crippen molar-refractivity contribution in [3.8, 4) is 6.07 Å². The first-order valence-electron chi connectivity index (χ1n) is 5.61. The minimum Gasteiger partial charge on any atom is -0.398 e. The summed E-state index contributed by atoms with van der Waals surface area (Å²) in [5.41, 5.74) is 6.42. The molecule has 0 radical (unpaired) electrons. The Balaban J connectivity index is 2.37. The Bertz CT molecular complexity index is 847. The largest absolute Gasteiger partial charge is 0.398 e. The van der Waals surface area contributed by atoms with Crippen LogP contribution in [0.25, 0.3) is 0 Å². The number of halogens is 2. The number of anilines is 2. The Morgan fingerprint density at radius 2 is 1.95 bits per heavy atom. The second-order valence-corrected chi connectivity index (χ2v) is 7.04. The van der Waals surface area contributed by atoms with Crippen LogP contribution in [0.3, 0.4) is 0 Å². The third-order valence-electron chi connectivity index (χ3n) is 2.62. The van der Waals surface area contributed by atoms with Crippen LogP contribution in [-0.4, -0.2) is 8.42 Å². The fraction of sp³-hybridized carbons (Fsp3) is 0. The smallest absolute Gasteiger partial charge is 0.261 e. The molecule has 0 bridgehead atoms. The van der Waals surface area contributed by atoms with E-state index in [9.17, 15) is 8.42 Å². The normalized spacial score (nSPS) is 10.9. The van der Waals surface area contributed by atoms with Gasteiger partial charge in [0, 0.05) is 10.2 Å². The maximum Gasteiger partial charge on any atom is 0.261 e. The van der Waals surface area contributed by atoms with Crippen LogP contribution >= 0.6 is 27.5 Å². The Labute approximate surface area is 135 Å². The molecule has 0 heterocycles. The molecule has 2 aromatic rings. The van der Waals surface area contributed by atoms with Gasteiger partial charge in [-0.15, -0.1) is 0 Å². The average molecular weight is 387 g/mol. The van der Waals surface area contributed by atoms with Gasteiger partial charge in [-0.3, -0.25) is 4.72 Å². The van der Waals surface area contributed by atoms with Crippen LogP contribution in [0.15, 0.2) is 45.8 Å². The molecule has 0 amide bonds. The number of rotatable bonds is 3. The van der Waals surface area contributed by atoms with E-state index < -0.39 is 10.0 Å². The zero-order chi connectivity index (χ0) is 15.6. The van der Waals surface area contributed by atoms with Crippen molar-refractivity contribution in [1.82, 2.24) is 0 Å². The highest BCUT2D eigenvalue weighted by atomic mass is 79.9. The first kappa shape index (κ1) is 15.6.